The lowest BCUT2D eigenvalue weighted by Gasteiger charge is -2.06. The molecule has 0 aliphatic rings. The van der Waals surface area contributed by atoms with Crippen molar-refractivity contribution in [1.29, 1.82) is 0 Å². The molecule has 1 amide bonds. The highest BCUT2D eigenvalue weighted by Crippen LogP contribution is 2.05. The number of nitrogens with zero attached hydrogens (tertiary/aromatic N) is 1. The molecule has 0 aliphatic heterocycles. The molecule has 21 heavy (non-hydrogen) atoms. The molecule has 0 atom stereocenters. The maximum Gasteiger partial charge on any atom is 0.271 e. The molecule has 1 aromatic rings. The molecule has 0 unspecified atom stereocenters. The molecule has 4 nitrogen and oxygen atoms in total. The molecule has 0 radical (unpaired) electrons. The van der Waals surface area contributed by atoms with E-state index in [1.54, 1.807) is 18.3 Å². The zero-order valence-corrected chi connectivity index (χ0v) is 13.2. The van der Waals surface area contributed by atoms with Gasteiger partial charge in [0.15, 0.2) is 0 Å². The van der Waals surface area contributed by atoms with Gasteiger partial charge in [0.1, 0.15) is 12.3 Å². The van der Waals surface area contributed by atoms with Crippen molar-refractivity contribution in [2.75, 3.05) is 25.2 Å². The van der Waals surface area contributed by atoms with Crippen LogP contribution in [-0.2, 0) is 0 Å². The summed E-state index contributed by atoms with van der Waals surface area (Å²) >= 11 is 1.87. The fraction of sp³-hybridized carbons (Fsp3) is 0.500. The smallest absolute Gasteiger partial charge is 0.271 e. The third kappa shape index (κ3) is 7.16. The lowest BCUT2D eigenvalue weighted by molar-refractivity contribution is 0.0947. The summed E-state index contributed by atoms with van der Waals surface area (Å²) in [6.07, 6.45) is 8.22. The van der Waals surface area contributed by atoms with E-state index in [0.29, 0.717) is 17.8 Å². The van der Waals surface area contributed by atoms with E-state index in [-0.39, 0.29) is 12.5 Å². The van der Waals surface area contributed by atoms with Crippen LogP contribution in [0.15, 0.2) is 18.3 Å². The van der Waals surface area contributed by atoms with Crippen LogP contribution < -0.4 is 5.32 Å². The predicted octanol–water partition coefficient (Wildman–Crippen LogP) is 2.08. The first-order valence-electron chi connectivity index (χ1n) is 7.11. The van der Waals surface area contributed by atoms with E-state index in [2.05, 4.69) is 28.4 Å². The Morgan fingerprint density at radius 1 is 1.38 bits per heavy atom. The van der Waals surface area contributed by atoms with E-state index in [1.165, 1.54) is 18.6 Å². The summed E-state index contributed by atoms with van der Waals surface area (Å²) < 4.78 is 0. The van der Waals surface area contributed by atoms with Gasteiger partial charge in [0.2, 0.25) is 0 Å². The Balaban J connectivity index is 2.38. The fourth-order valence-corrected chi connectivity index (χ4v) is 2.33. The van der Waals surface area contributed by atoms with Gasteiger partial charge < -0.3 is 10.4 Å². The summed E-state index contributed by atoms with van der Waals surface area (Å²) in [6.45, 7) is 0.424. The Morgan fingerprint density at radius 2 is 2.19 bits per heavy atom. The first kappa shape index (κ1) is 17.5. The van der Waals surface area contributed by atoms with Gasteiger partial charge >= 0.3 is 0 Å². The van der Waals surface area contributed by atoms with Crippen LogP contribution in [-0.4, -0.2) is 41.2 Å². The van der Waals surface area contributed by atoms with Gasteiger partial charge in [-0.3, -0.25) is 4.79 Å². The number of unbranched alkanes of at least 4 members (excludes halogenated alkanes) is 3. The predicted molar refractivity (Wildman–Crippen MR) is 87.4 cm³/mol. The lowest BCUT2D eigenvalue weighted by atomic mass is 10.1. The molecule has 0 fully saturated rings. The third-order valence-electron chi connectivity index (χ3n) is 2.89. The quantitative estimate of drug-likeness (QED) is 0.570. The Morgan fingerprint density at radius 3 is 2.95 bits per heavy atom. The first-order valence-corrected chi connectivity index (χ1v) is 8.51. The van der Waals surface area contributed by atoms with Gasteiger partial charge in [0.05, 0.1) is 5.56 Å². The summed E-state index contributed by atoms with van der Waals surface area (Å²) in [7, 11) is 0. The summed E-state index contributed by atoms with van der Waals surface area (Å²) in [6, 6.07) is 3.46. The van der Waals surface area contributed by atoms with E-state index >= 15 is 0 Å². The van der Waals surface area contributed by atoms with Crippen molar-refractivity contribution in [2.24, 2.45) is 0 Å². The molecule has 0 bridgehead atoms. The van der Waals surface area contributed by atoms with Crippen molar-refractivity contribution in [3.05, 3.63) is 29.6 Å². The first-order chi connectivity index (χ1) is 10.3. The highest BCUT2D eigenvalue weighted by atomic mass is 32.2. The molecule has 2 N–H and O–H groups in total. The van der Waals surface area contributed by atoms with Gasteiger partial charge in [0, 0.05) is 12.7 Å². The van der Waals surface area contributed by atoms with Crippen molar-refractivity contribution >= 4 is 17.7 Å². The topological polar surface area (TPSA) is 62.2 Å². The number of hydrogen-bond acceptors (Lipinski definition) is 4. The standard InChI is InChI=1S/C16H22N2O2S/c1-21-13-5-3-2-4-10-18-16(20)15-14(9-7-12-19)8-6-11-17-15/h6,8,11,19H,2-5,10,12-13H2,1H3,(H,18,20). The van der Waals surface area contributed by atoms with E-state index in [0.717, 1.165) is 12.8 Å². The number of aliphatic hydroxyl groups is 1. The van der Waals surface area contributed by atoms with Crippen LogP contribution in [0.1, 0.15) is 41.7 Å². The number of carbonyl (C=O) groups is 1. The minimum absolute atomic E-state index is 0.207. The normalized spacial score (nSPS) is 9.81. The zero-order valence-electron chi connectivity index (χ0n) is 12.4. The van der Waals surface area contributed by atoms with Crippen LogP contribution >= 0.6 is 11.8 Å². The van der Waals surface area contributed by atoms with E-state index in [9.17, 15) is 4.79 Å². The average molecular weight is 306 g/mol. The third-order valence-corrected chi connectivity index (χ3v) is 3.58. The van der Waals surface area contributed by atoms with Crippen molar-refractivity contribution in [1.82, 2.24) is 10.3 Å². The summed E-state index contributed by atoms with van der Waals surface area (Å²) in [4.78, 5) is 16.1. The number of pyridine rings is 1. The van der Waals surface area contributed by atoms with E-state index in [1.807, 2.05) is 11.8 Å². The Kier molecular flexibility index (Phi) is 9.34. The molecule has 1 rings (SSSR count). The number of carbonyl (C=O) groups excluding carboxylic acids is 1. The second kappa shape index (κ2) is 11.2. The van der Waals surface area contributed by atoms with Crippen LogP contribution in [0, 0.1) is 11.8 Å². The molecule has 5 heteroatoms. The van der Waals surface area contributed by atoms with Crippen molar-refractivity contribution in [3.8, 4) is 11.8 Å². The largest absolute Gasteiger partial charge is 0.384 e. The van der Waals surface area contributed by atoms with E-state index < -0.39 is 0 Å². The maximum absolute atomic E-state index is 12.1. The molecule has 114 valence electrons. The Labute approximate surface area is 130 Å². The number of rotatable bonds is 8. The van der Waals surface area contributed by atoms with Gasteiger partial charge in [0.25, 0.3) is 5.91 Å². The number of hydrogen-bond donors (Lipinski definition) is 2. The molecule has 1 aromatic heterocycles. The summed E-state index contributed by atoms with van der Waals surface area (Å²) in [5.41, 5.74) is 0.866. The van der Waals surface area contributed by atoms with Gasteiger partial charge in [-0.15, -0.1) is 0 Å². The SMILES string of the molecule is CSCCCCCCNC(=O)c1ncccc1C#CCO. The van der Waals surface area contributed by atoms with E-state index in [4.69, 9.17) is 5.11 Å². The van der Waals surface area contributed by atoms with Crippen LogP contribution in [0.25, 0.3) is 0 Å². The van der Waals surface area contributed by atoms with Crippen LogP contribution in [0.5, 0.6) is 0 Å². The van der Waals surface area contributed by atoms with Crippen LogP contribution in [0.2, 0.25) is 0 Å². The molecule has 0 aromatic carbocycles. The minimum atomic E-state index is -0.230. The van der Waals surface area contributed by atoms with Gasteiger partial charge in [-0.05, 0) is 37.0 Å². The van der Waals surface area contributed by atoms with Gasteiger partial charge in [-0.1, -0.05) is 24.7 Å². The number of nitrogens with one attached hydrogen (secondary N) is 1. The number of aliphatic hydroxyl groups excluding tert-OH is 1. The molecule has 0 saturated heterocycles. The number of aromatic nitrogens is 1. The lowest BCUT2D eigenvalue weighted by Crippen LogP contribution is -2.26. The Hall–Kier alpha value is -1.51. The summed E-state index contributed by atoms with van der Waals surface area (Å²) in [5.74, 6) is 6.28. The second-order valence-electron chi connectivity index (χ2n) is 4.52. The van der Waals surface area contributed by atoms with Crippen molar-refractivity contribution < 1.29 is 9.90 Å². The van der Waals surface area contributed by atoms with Crippen molar-refractivity contribution in [3.63, 3.8) is 0 Å². The second-order valence-corrected chi connectivity index (χ2v) is 5.51. The molecule has 0 spiro atoms. The monoisotopic (exact) mass is 306 g/mol. The zero-order chi connectivity index (χ0) is 15.3. The molecule has 0 aliphatic carbocycles. The van der Waals surface area contributed by atoms with Gasteiger partial charge in [-0.25, -0.2) is 4.98 Å². The highest BCUT2D eigenvalue weighted by Gasteiger charge is 2.10. The summed E-state index contributed by atoms with van der Waals surface area (Å²) in [5, 5.41) is 11.6. The molecular formula is C16H22N2O2S. The Bertz CT molecular complexity index is 495. The highest BCUT2D eigenvalue weighted by molar-refractivity contribution is 7.98. The van der Waals surface area contributed by atoms with Crippen LogP contribution in [0.4, 0.5) is 0 Å². The average Bonchev–Trinajstić information content (AvgIpc) is 2.52. The number of amides is 1. The van der Waals surface area contributed by atoms with Gasteiger partial charge in [-0.2, -0.15) is 11.8 Å². The maximum atomic E-state index is 12.1. The minimum Gasteiger partial charge on any atom is -0.384 e. The molecular weight excluding hydrogens is 284 g/mol. The van der Waals surface area contributed by atoms with Crippen LogP contribution in [0.3, 0.4) is 0 Å². The fourth-order valence-electron chi connectivity index (χ4n) is 1.83. The molecule has 1 heterocycles. The molecule has 0 saturated carbocycles. The number of thioether (sulfide) groups is 1. The van der Waals surface area contributed by atoms with Crippen molar-refractivity contribution in [2.45, 2.75) is 25.7 Å².